The molecule has 1 amide bonds. The van der Waals surface area contributed by atoms with E-state index in [1.807, 2.05) is 0 Å². The molecule has 0 aromatic carbocycles. The second kappa shape index (κ2) is 7.84. The second-order valence-electron chi connectivity index (χ2n) is 6.76. The van der Waals surface area contributed by atoms with Gasteiger partial charge in [-0.15, -0.1) is 5.10 Å². The molecule has 1 aliphatic carbocycles. The van der Waals surface area contributed by atoms with Crippen LogP contribution in [0.2, 0.25) is 0 Å². The molecule has 0 bridgehead atoms. The van der Waals surface area contributed by atoms with Crippen LogP contribution < -0.4 is 11.5 Å². The summed E-state index contributed by atoms with van der Waals surface area (Å²) in [6, 6.07) is 1.97. The summed E-state index contributed by atoms with van der Waals surface area (Å²) in [5.74, 6) is -0.986. The third-order valence-electron chi connectivity index (χ3n) is 4.81. The first-order chi connectivity index (χ1) is 13.2. The zero-order valence-electron chi connectivity index (χ0n) is 15.2. The summed E-state index contributed by atoms with van der Waals surface area (Å²) in [6.07, 6.45) is -2.22. The third kappa shape index (κ3) is 4.14. The largest absolute Gasteiger partial charge is 0.420 e. The van der Waals surface area contributed by atoms with Crippen molar-refractivity contribution in [3.8, 4) is 5.82 Å². The lowest BCUT2D eigenvalue weighted by molar-refractivity contribution is -0.137. The molecule has 11 heteroatoms. The first-order valence-electron chi connectivity index (χ1n) is 8.75. The van der Waals surface area contributed by atoms with E-state index in [9.17, 15) is 18.0 Å². The van der Waals surface area contributed by atoms with Gasteiger partial charge in [-0.3, -0.25) is 4.79 Å². The number of pyridine rings is 1. The normalized spacial score (nSPS) is 23.0. The van der Waals surface area contributed by atoms with Gasteiger partial charge in [0.15, 0.2) is 11.6 Å². The van der Waals surface area contributed by atoms with E-state index in [4.69, 9.17) is 16.2 Å². The molecular weight excluding hydrogens is 377 g/mol. The van der Waals surface area contributed by atoms with Crippen LogP contribution in [0.1, 0.15) is 42.4 Å². The van der Waals surface area contributed by atoms with Gasteiger partial charge in [-0.2, -0.15) is 17.9 Å². The number of carbonyl (C=O) groups is 1. The first kappa shape index (κ1) is 20.2. The van der Waals surface area contributed by atoms with Gasteiger partial charge in [0, 0.05) is 25.3 Å². The number of methoxy groups -OCH3 is 1. The molecule has 0 unspecified atom stereocenters. The molecule has 1 saturated carbocycles. The Labute approximate surface area is 159 Å². The Morgan fingerprint density at radius 3 is 2.79 bits per heavy atom. The number of ether oxygens (including phenoxy) is 1. The summed E-state index contributed by atoms with van der Waals surface area (Å²) in [7, 11) is 1.54. The summed E-state index contributed by atoms with van der Waals surface area (Å²) in [4.78, 5) is 19.5. The fourth-order valence-corrected chi connectivity index (χ4v) is 3.46. The molecule has 152 valence electrons. The lowest BCUT2D eigenvalue weighted by Crippen LogP contribution is -2.41. The Bertz CT molecular complexity index is 854. The van der Waals surface area contributed by atoms with E-state index in [1.54, 1.807) is 0 Å². The molecular formula is C17H21F3N6O2. The number of primary amides is 1. The number of hydrogen-bond donors (Lipinski definition) is 2. The standard InChI is InChI=1S/C17H21F3N6O2/c1-28-12-7-9(4-5-11(12)21)15-24-14(8-13(22)27)25-26(15)16-10(17(18,19)20)3-2-6-23-16/h2-3,6,9,11-12H,4-5,7-8,21H2,1H3,(H2,22,27)/t9-,11-,12-/m0/s1. The highest BCUT2D eigenvalue weighted by atomic mass is 19.4. The van der Waals surface area contributed by atoms with E-state index in [0.29, 0.717) is 19.3 Å². The van der Waals surface area contributed by atoms with Crippen LogP contribution in [0.5, 0.6) is 0 Å². The number of rotatable bonds is 5. The Balaban J connectivity index is 2.09. The fourth-order valence-electron chi connectivity index (χ4n) is 3.46. The molecule has 0 aliphatic heterocycles. The van der Waals surface area contributed by atoms with E-state index in [0.717, 1.165) is 10.7 Å². The van der Waals surface area contributed by atoms with Gasteiger partial charge in [-0.25, -0.2) is 9.97 Å². The number of amides is 1. The van der Waals surface area contributed by atoms with Crippen molar-refractivity contribution in [1.29, 1.82) is 0 Å². The highest BCUT2D eigenvalue weighted by Gasteiger charge is 2.38. The predicted octanol–water partition coefficient (Wildman–Crippen LogP) is 1.32. The van der Waals surface area contributed by atoms with Crippen molar-refractivity contribution in [2.24, 2.45) is 11.5 Å². The van der Waals surface area contributed by atoms with Crippen LogP contribution in [-0.4, -0.2) is 44.9 Å². The van der Waals surface area contributed by atoms with E-state index in [-0.39, 0.29) is 36.1 Å². The maximum absolute atomic E-state index is 13.5. The molecule has 2 aromatic rings. The van der Waals surface area contributed by atoms with Crippen molar-refractivity contribution in [2.45, 2.75) is 49.9 Å². The molecule has 0 saturated heterocycles. The lowest BCUT2D eigenvalue weighted by Gasteiger charge is -2.32. The molecule has 1 aliphatic rings. The van der Waals surface area contributed by atoms with E-state index in [1.165, 1.54) is 19.4 Å². The summed E-state index contributed by atoms with van der Waals surface area (Å²) >= 11 is 0. The second-order valence-corrected chi connectivity index (χ2v) is 6.76. The van der Waals surface area contributed by atoms with Crippen molar-refractivity contribution in [3.05, 3.63) is 35.5 Å². The van der Waals surface area contributed by atoms with Gasteiger partial charge in [0.05, 0.1) is 12.5 Å². The van der Waals surface area contributed by atoms with Crippen LogP contribution in [0, 0.1) is 0 Å². The summed E-state index contributed by atoms with van der Waals surface area (Å²) in [6.45, 7) is 0. The van der Waals surface area contributed by atoms with Gasteiger partial charge in [0.1, 0.15) is 11.4 Å². The van der Waals surface area contributed by atoms with Crippen LogP contribution in [0.3, 0.4) is 0 Å². The Hall–Kier alpha value is -2.53. The van der Waals surface area contributed by atoms with Gasteiger partial charge in [-0.1, -0.05) is 0 Å². The third-order valence-corrected chi connectivity index (χ3v) is 4.81. The van der Waals surface area contributed by atoms with Crippen LogP contribution in [0.25, 0.3) is 5.82 Å². The molecule has 28 heavy (non-hydrogen) atoms. The Morgan fingerprint density at radius 2 is 2.14 bits per heavy atom. The van der Waals surface area contributed by atoms with Crippen LogP contribution >= 0.6 is 0 Å². The number of aromatic nitrogens is 4. The lowest BCUT2D eigenvalue weighted by atomic mass is 9.83. The topological polar surface area (TPSA) is 122 Å². The molecule has 8 nitrogen and oxygen atoms in total. The number of carbonyl (C=O) groups excluding carboxylic acids is 1. The van der Waals surface area contributed by atoms with Gasteiger partial charge in [-0.05, 0) is 31.4 Å². The van der Waals surface area contributed by atoms with Crippen molar-refractivity contribution in [2.75, 3.05) is 7.11 Å². The van der Waals surface area contributed by atoms with Crippen molar-refractivity contribution in [1.82, 2.24) is 19.7 Å². The average molecular weight is 398 g/mol. The molecule has 1 fully saturated rings. The molecule has 3 atom stereocenters. The number of halogens is 3. The molecule has 2 aromatic heterocycles. The van der Waals surface area contributed by atoms with Crippen LogP contribution in [-0.2, 0) is 22.1 Å². The van der Waals surface area contributed by atoms with Gasteiger partial charge >= 0.3 is 6.18 Å². The monoisotopic (exact) mass is 398 g/mol. The highest BCUT2D eigenvalue weighted by Crippen LogP contribution is 2.36. The van der Waals surface area contributed by atoms with E-state index >= 15 is 0 Å². The smallest absolute Gasteiger partial charge is 0.380 e. The van der Waals surface area contributed by atoms with Gasteiger partial charge < -0.3 is 16.2 Å². The van der Waals surface area contributed by atoms with Crippen LogP contribution in [0.15, 0.2) is 18.3 Å². The minimum Gasteiger partial charge on any atom is -0.380 e. The van der Waals surface area contributed by atoms with Crippen LogP contribution in [0.4, 0.5) is 13.2 Å². The molecule has 0 radical (unpaired) electrons. The molecule has 4 N–H and O–H groups in total. The van der Waals surface area contributed by atoms with Crippen molar-refractivity contribution < 1.29 is 22.7 Å². The number of nitrogens with two attached hydrogens (primary N) is 2. The van der Waals surface area contributed by atoms with Crippen molar-refractivity contribution >= 4 is 5.91 Å². The quantitative estimate of drug-likeness (QED) is 0.783. The average Bonchev–Trinajstić information content (AvgIpc) is 3.04. The first-order valence-corrected chi connectivity index (χ1v) is 8.75. The zero-order chi connectivity index (χ0) is 20.5. The summed E-state index contributed by atoms with van der Waals surface area (Å²) in [5, 5.41) is 4.11. The van der Waals surface area contributed by atoms with Crippen molar-refractivity contribution in [3.63, 3.8) is 0 Å². The maximum Gasteiger partial charge on any atom is 0.420 e. The Kier molecular flexibility index (Phi) is 5.66. The zero-order valence-corrected chi connectivity index (χ0v) is 15.2. The predicted molar refractivity (Wildman–Crippen MR) is 92.4 cm³/mol. The summed E-state index contributed by atoms with van der Waals surface area (Å²) < 4.78 is 46.9. The van der Waals surface area contributed by atoms with E-state index < -0.39 is 23.5 Å². The Morgan fingerprint density at radius 1 is 1.39 bits per heavy atom. The van der Waals surface area contributed by atoms with Gasteiger partial charge in [0.2, 0.25) is 5.91 Å². The molecule has 0 spiro atoms. The summed E-state index contributed by atoms with van der Waals surface area (Å²) in [5.41, 5.74) is 10.3. The number of hydrogen-bond acceptors (Lipinski definition) is 6. The van der Waals surface area contributed by atoms with Gasteiger partial charge in [0.25, 0.3) is 0 Å². The van der Waals surface area contributed by atoms with E-state index in [2.05, 4.69) is 15.1 Å². The maximum atomic E-state index is 13.5. The minimum absolute atomic E-state index is 0.0464. The number of nitrogens with zero attached hydrogens (tertiary/aromatic N) is 4. The molecule has 2 heterocycles. The highest BCUT2D eigenvalue weighted by molar-refractivity contribution is 5.75. The minimum atomic E-state index is -4.62. The SMILES string of the molecule is CO[C@H]1C[C@@H](c2nc(CC(N)=O)nn2-c2ncccc2C(F)(F)F)CC[C@@H]1N. The molecule has 3 rings (SSSR count). The number of alkyl halides is 3. The fraction of sp³-hybridized carbons (Fsp3) is 0.529.